The van der Waals surface area contributed by atoms with Crippen LogP contribution in [0.2, 0.25) is 0 Å². The molecule has 3 heteroatoms. The van der Waals surface area contributed by atoms with Gasteiger partial charge in [-0.3, -0.25) is 5.10 Å². The standard InChI is InChI=1S/C11H18N2O/c1-10(2,3)9-8(7-12-13-9)6-11(14)4-5-11/h7,14H,4-6H2,1-3H3,(H,12,13). The molecule has 3 nitrogen and oxygen atoms in total. The Morgan fingerprint density at radius 1 is 1.50 bits per heavy atom. The van der Waals surface area contributed by atoms with Crippen LogP contribution >= 0.6 is 0 Å². The minimum Gasteiger partial charge on any atom is -0.390 e. The minimum absolute atomic E-state index is 0.0804. The lowest BCUT2D eigenvalue weighted by Crippen LogP contribution is -2.18. The molecule has 1 saturated carbocycles. The lowest BCUT2D eigenvalue weighted by molar-refractivity contribution is 0.150. The molecule has 0 radical (unpaired) electrons. The molecule has 1 heterocycles. The smallest absolute Gasteiger partial charge is 0.0691 e. The molecule has 0 amide bonds. The van der Waals surface area contributed by atoms with Crippen molar-refractivity contribution in [2.24, 2.45) is 0 Å². The predicted octanol–water partition coefficient (Wildman–Crippen LogP) is 1.77. The van der Waals surface area contributed by atoms with Crippen molar-refractivity contribution in [3.05, 3.63) is 17.5 Å². The predicted molar refractivity (Wildman–Crippen MR) is 55.2 cm³/mol. The number of nitrogens with one attached hydrogen (secondary N) is 1. The number of hydrogen-bond donors (Lipinski definition) is 2. The maximum Gasteiger partial charge on any atom is 0.0691 e. The molecule has 0 spiro atoms. The average Bonchev–Trinajstić information content (AvgIpc) is 2.61. The van der Waals surface area contributed by atoms with E-state index in [9.17, 15) is 5.11 Å². The second kappa shape index (κ2) is 2.83. The van der Waals surface area contributed by atoms with Crippen LogP contribution < -0.4 is 0 Å². The zero-order valence-electron chi connectivity index (χ0n) is 9.09. The van der Waals surface area contributed by atoms with E-state index in [0.29, 0.717) is 0 Å². The molecule has 1 aromatic heterocycles. The van der Waals surface area contributed by atoms with Crippen LogP contribution in [0.1, 0.15) is 44.9 Å². The lowest BCUT2D eigenvalue weighted by Gasteiger charge is -2.19. The molecule has 1 fully saturated rings. The summed E-state index contributed by atoms with van der Waals surface area (Å²) in [7, 11) is 0. The van der Waals surface area contributed by atoms with Crippen molar-refractivity contribution in [2.75, 3.05) is 0 Å². The van der Waals surface area contributed by atoms with Gasteiger partial charge in [0.25, 0.3) is 0 Å². The highest BCUT2D eigenvalue weighted by Gasteiger charge is 2.41. The third-order valence-electron chi connectivity index (χ3n) is 2.81. The fourth-order valence-corrected chi connectivity index (χ4v) is 1.77. The number of rotatable bonds is 2. The zero-order chi connectivity index (χ0) is 10.4. The molecule has 0 aromatic carbocycles. The van der Waals surface area contributed by atoms with Crippen molar-refractivity contribution < 1.29 is 5.11 Å². The SMILES string of the molecule is CC(C)(C)c1[nH]ncc1CC1(O)CC1. The minimum atomic E-state index is -0.427. The third kappa shape index (κ3) is 1.82. The Balaban J connectivity index is 2.21. The fourth-order valence-electron chi connectivity index (χ4n) is 1.77. The molecule has 0 unspecified atom stereocenters. The van der Waals surface area contributed by atoms with Crippen LogP contribution in [0.4, 0.5) is 0 Å². The Labute approximate surface area is 84.5 Å². The van der Waals surface area contributed by atoms with E-state index >= 15 is 0 Å². The summed E-state index contributed by atoms with van der Waals surface area (Å²) < 4.78 is 0. The number of hydrogen-bond acceptors (Lipinski definition) is 2. The van der Waals surface area contributed by atoms with Crippen LogP contribution in [-0.2, 0) is 11.8 Å². The monoisotopic (exact) mass is 194 g/mol. The Morgan fingerprint density at radius 2 is 2.14 bits per heavy atom. The van der Waals surface area contributed by atoms with Crippen LogP contribution in [0, 0.1) is 0 Å². The van der Waals surface area contributed by atoms with Gasteiger partial charge in [0, 0.05) is 17.5 Å². The van der Waals surface area contributed by atoms with Gasteiger partial charge < -0.3 is 5.11 Å². The van der Waals surface area contributed by atoms with Gasteiger partial charge in [-0.05, 0) is 18.4 Å². The highest BCUT2D eigenvalue weighted by atomic mass is 16.3. The molecule has 14 heavy (non-hydrogen) atoms. The first-order chi connectivity index (χ1) is 6.41. The largest absolute Gasteiger partial charge is 0.390 e. The third-order valence-corrected chi connectivity index (χ3v) is 2.81. The van der Waals surface area contributed by atoms with Crippen LogP contribution in [0.25, 0.3) is 0 Å². The fraction of sp³-hybridized carbons (Fsp3) is 0.727. The molecule has 0 aliphatic heterocycles. The van der Waals surface area contributed by atoms with Crippen molar-refractivity contribution in [3.8, 4) is 0 Å². The molecule has 0 bridgehead atoms. The molecular formula is C11H18N2O. The first kappa shape index (κ1) is 9.71. The van der Waals surface area contributed by atoms with Gasteiger partial charge in [-0.1, -0.05) is 20.8 Å². The summed E-state index contributed by atoms with van der Waals surface area (Å²) in [6.45, 7) is 6.46. The topological polar surface area (TPSA) is 48.9 Å². The second-order valence-electron chi connectivity index (χ2n) is 5.42. The lowest BCUT2D eigenvalue weighted by atomic mass is 9.88. The van der Waals surface area contributed by atoms with E-state index in [1.165, 1.54) is 0 Å². The molecule has 2 N–H and O–H groups in total. The summed E-state index contributed by atoms with van der Waals surface area (Å²) >= 11 is 0. The summed E-state index contributed by atoms with van der Waals surface area (Å²) in [4.78, 5) is 0. The number of aliphatic hydroxyl groups is 1. The Kier molecular flexibility index (Phi) is 1.96. The van der Waals surface area contributed by atoms with E-state index in [1.54, 1.807) is 0 Å². The van der Waals surface area contributed by atoms with Gasteiger partial charge >= 0.3 is 0 Å². The van der Waals surface area contributed by atoms with Crippen LogP contribution in [-0.4, -0.2) is 20.9 Å². The van der Waals surface area contributed by atoms with Crippen LogP contribution in [0.3, 0.4) is 0 Å². The van der Waals surface area contributed by atoms with Crippen LogP contribution in [0.15, 0.2) is 6.20 Å². The number of H-pyrrole nitrogens is 1. The van der Waals surface area contributed by atoms with Gasteiger partial charge in [-0.15, -0.1) is 0 Å². The quantitative estimate of drug-likeness (QED) is 0.754. The van der Waals surface area contributed by atoms with E-state index < -0.39 is 5.60 Å². The molecule has 1 aliphatic rings. The van der Waals surface area contributed by atoms with E-state index in [0.717, 1.165) is 30.5 Å². The normalized spacial score (nSPS) is 19.7. The first-order valence-corrected chi connectivity index (χ1v) is 5.16. The van der Waals surface area contributed by atoms with E-state index in [1.807, 2.05) is 6.20 Å². The Morgan fingerprint density at radius 3 is 2.64 bits per heavy atom. The Bertz CT molecular complexity index is 331. The van der Waals surface area contributed by atoms with Crippen molar-refractivity contribution in [2.45, 2.75) is 51.0 Å². The van der Waals surface area contributed by atoms with Gasteiger partial charge in [0.1, 0.15) is 0 Å². The molecular weight excluding hydrogens is 176 g/mol. The number of nitrogens with zero attached hydrogens (tertiary/aromatic N) is 1. The molecule has 1 aliphatic carbocycles. The second-order valence-corrected chi connectivity index (χ2v) is 5.42. The van der Waals surface area contributed by atoms with Gasteiger partial charge in [-0.2, -0.15) is 5.10 Å². The van der Waals surface area contributed by atoms with E-state index in [-0.39, 0.29) is 5.41 Å². The van der Waals surface area contributed by atoms with Gasteiger partial charge in [0.2, 0.25) is 0 Å². The van der Waals surface area contributed by atoms with E-state index in [4.69, 9.17) is 0 Å². The molecule has 2 rings (SSSR count). The maximum absolute atomic E-state index is 9.85. The highest BCUT2D eigenvalue weighted by molar-refractivity contribution is 5.26. The summed E-state index contributed by atoms with van der Waals surface area (Å²) in [5, 5.41) is 16.9. The molecule has 0 atom stereocenters. The summed E-state index contributed by atoms with van der Waals surface area (Å²) in [6, 6.07) is 0. The van der Waals surface area contributed by atoms with E-state index in [2.05, 4.69) is 31.0 Å². The number of aromatic amines is 1. The Hall–Kier alpha value is -0.830. The van der Waals surface area contributed by atoms with Crippen molar-refractivity contribution in [3.63, 3.8) is 0 Å². The van der Waals surface area contributed by atoms with Crippen LogP contribution in [0.5, 0.6) is 0 Å². The maximum atomic E-state index is 9.85. The summed E-state index contributed by atoms with van der Waals surface area (Å²) in [6.07, 6.45) is 4.45. The average molecular weight is 194 g/mol. The number of aromatic nitrogens is 2. The molecule has 1 aromatic rings. The molecule has 78 valence electrons. The summed E-state index contributed by atoms with van der Waals surface area (Å²) in [5.74, 6) is 0. The van der Waals surface area contributed by atoms with Gasteiger partial charge in [0.15, 0.2) is 0 Å². The zero-order valence-corrected chi connectivity index (χ0v) is 9.09. The van der Waals surface area contributed by atoms with Gasteiger partial charge in [-0.25, -0.2) is 0 Å². The highest BCUT2D eigenvalue weighted by Crippen LogP contribution is 2.39. The van der Waals surface area contributed by atoms with Crippen molar-refractivity contribution >= 4 is 0 Å². The summed E-state index contributed by atoms with van der Waals surface area (Å²) in [5.41, 5.74) is 1.97. The molecule has 0 saturated heterocycles. The van der Waals surface area contributed by atoms with Crippen molar-refractivity contribution in [1.82, 2.24) is 10.2 Å². The van der Waals surface area contributed by atoms with Gasteiger partial charge in [0.05, 0.1) is 11.8 Å². The van der Waals surface area contributed by atoms with Crippen molar-refractivity contribution in [1.29, 1.82) is 0 Å². The first-order valence-electron chi connectivity index (χ1n) is 5.16.